The van der Waals surface area contributed by atoms with Gasteiger partial charge >= 0.3 is 23.9 Å². The van der Waals surface area contributed by atoms with Gasteiger partial charge in [-0.15, -0.1) is 0 Å². The van der Waals surface area contributed by atoms with Crippen molar-refractivity contribution in [3.05, 3.63) is 107 Å². The van der Waals surface area contributed by atoms with Gasteiger partial charge in [0.2, 0.25) is 11.5 Å². The summed E-state index contributed by atoms with van der Waals surface area (Å²) < 4.78 is 43.8. The Morgan fingerprint density at radius 2 is 0.827 bits per heavy atom. The summed E-state index contributed by atoms with van der Waals surface area (Å²) in [6.07, 6.45) is 0. The Labute approximate surface area is 300 Å². The number of ether oxygens (including phenoxy) is 8. The van der Waals surface area contributed by atoms with Crippen molar-refractivity contribution in [2.45, 2.75) is 27.7 Å². The molecule has 0 aliphatic carbocycles. The van der Waals surface area contributed by atoms with Crippen LogP contribution in [0.5, 0.6) is 34.5 Å². The molecule has 0 fully saturated rings. The lowest BCUT2D eigenvalue weighted by Crippen LogP contribution is -2.15. The van der Waals surface area contributed by atoms with Gasteiger partial charge in [-0.25, -0.2) is 0 Å². The molecule has 0 spiro atoms. The van der Waals surface area contributed by atoms with Crippen LogP contribution in [0.2, 0.25) is 0 Å². The first kappa shape index (κ1) is 36.7. The van der Waals surface area contributed by atoms with Crippen LogP contribution in [0, 0.1) is 0 Å². The van der Waals surface area contributed by atoms with Crippen molar-refractivity contribution < 1.29 is 57.1 Å². The van der Waals surface area contributed by atoms with Crippen molar-refractivity contribution >= 4 is 46.5 Å². The fraction of sp³-hybridized carbons (Fsp3) is 0.200. The molecule has 0 saturated heterocycles. The summed E-state index contributed by atoms with van der Waals surface area (Å²) in [4.78, 5) is 45.7. The highest BCUT2D eigenvalue weighted by molar-refractivity contribution is 5.94. The largest absolute Gasteiger partial charge is 0.496 e. The second-order valence-electron chi connectivity index (χ2n) is 11.2. The van der Waals surface area contributed by atoms with Gasteiger partial charge < -0.3 is 37.9 Å². The van der Waals surface area contributed by atoms with Crippen molar-refractivity contribution in [1.82, 2.24) is 0 Å². The molecule has 2 heterocycles. The number of carbonyl (C=O) groups is 4. The summed E-state index contributed by atoms with van der Waals surface area (Å²) in [5, 5.41) is 0. The smallest absolute Gasteiger partial charge is 0.308 e. The molecule has 2 aliphatic heterocycles. The number of methoxy groups -OCH3 is 2. The number of fused-ring (bicyclic) bond motifs is 2. The van der Waals surface area contributed by atoms with Gasteiger partial charge in [-0.1, -0.05) is 60.7 Å². The molecule has 0 atom stereocenters. The zero-order chi connectivity index (χ0) is 37.4. The fourth-order valence-electron chi connectivity index (χ4n) is 5.60. The molecule has 0 aromatic heterocycles. The summed E-state index contributed by atoms with van der Waals surface area (Å²) in [6.45, 7) is 5.51. The van der Waals surface area contributed by atoms with Crippen LogP contribution in [-0.4, -0.2) is 51.3 Å². The first-order valence-electron chi connectivity index (χ1n) is 16.0. The molecular formula is C40H36O12. The zero-order valence-electron chi connectivity index (χ0n) is 29.4. The molecule has 2 aliphatic rings. The molecule has 0 radical (unpaired) electrons. The van der Waals surface area contributed by atoms with E-state index >= 15 is 0 Å². The van der Waals surface area contributed by atoms with Crippen LogP contribution in [0.1, 0.15) is 49.9 Å². The minimum absolute atomic E-state index is 0.0619. The van der Waals surface area contributed by atoms with E-state index < -0.39 is 23.9 Å². The van der Waals surface area contributed by atoms with Gasteiger partial charge in [0.25, 0.3) is 0 Å². The Balaban J connectivity index is 0.000000201. The Bertz CT molecular complexity index is 1910. The van der Waals surface area contributed by atoms with E-state index in [9.17, 15) is 19.2 Å². The van der Waals surface area contributed by atoms with Crippen molar-refractivity contribution in [3.63, 3.8) is 0 Å². The standard InChI is InChI=1S/2C20H18O6/c2*1-12(21)25-17-10-9-15-18(23-3)16(14-7-5-4-6-8-14)11-24-19(15)20(17)26-13(2)22/h2*4-10H,11H2,1-3H3. The predicted octanol–water partition coefficient (Wildman–Crippen LogP) is 6.89. The molecule has 0 N–H and O–H groups in total. The lowest BCUT2D eigenvalue weighted by molar-refractivity contribution is -0.134. The van der Waals surface area contributed by atoms with Crippen LogP contribution in [-0.2, 0) is 28.7 Å². The van der Waals surface area contributed by atoms with E-state index in [1.54, 1.807) is 38.5 Å². The van der Waals surface area contributed by atoms with Crippen LogP contribution in [0.15, 0.2) is 84.9 Å². The second-order valence-corrected chi connectivity index (χ2v) is 11.2. The molecule has 12 nitrogen and oxygen atoms in total. The van der Waals surface area contributed by atoms with Crippen LogP contribution in [0.4, 0.5) is 0 Å². The van der Waals surface area contributed by atoms with Gasteiger partial charge in [-0.2, -0.15) is 0 Å². The first-order valence-corrected chi connectivity index (χ1v) is 16.0. The summed E-state index contributed by atoms with van der Waals surface area (Å²) in [5.41, 5.74) is 4.90. The summed E-state index contributed by atoms with van der Waals surface area (Å²) >= 11 is 0. The Morgan fingerprint density at radius 3 is 1.13 bits per heavy atom. The van der Waals surface area contributed by atoms with Gasteiger partial charge in [0.1, 0.15) is 24.7 Å². The minimum Gasteiger partial charge on any atom is -0.496 e. The summed E-state index contributed by atoms with van der Waals surface area (Å²) in [5.74, 6) is 0.0305. The van der Waals surface area contributed by atoms with Crippen molar-refractivity contribution in [2.24, 2.45) is 0 Å². The number of hydrogen-bond acceptors (Lipinski definition) is 12. The lowest BCUT2D eigenvalue weighted by atomic mass is 9.98. The lowest BCUT2D eigenvalue weighted by Gasteiger charge is -2.25. The third-order valence-electron chi connectivity index (χ3n) is 7.56. The second kappa shape index (κ2) is 16.4. The molecule has 268 valence electrons. The molecule has 0 unspecified atom stereocenters. The fourth-order valence-corrected chi connectivity index (χ4v) is 5.60. The predicted molar refractivity (Wildman–Crippen MR) is 190 cm³/mol. The van der Waals surface area contributed by atoms with Gasteiger partial charge in [-0.05, 0) is 35.4 Å². The van der Waals surface area contributed by atoms with Gasteiger partial charge in [-0.3, -0.25) is 19.2 Å². The number of carbonyl (C=O) groups excluding carboxylic acids is 4. The molecule has 0 bridgehead atoms. The topological polar surface area (TPSA) is 142 Å². The van der Waals surface area contributed by atoms with E-state index in [4.69, 9.17) is 37.9 Å². The number of benzene rings is 4. The Kier molecular flexibility index (Phi) is 11.6. The maximum atomic E-state index is 11.5. The molecule has 4 aromatic carbocycles. The van der Waals surface area contributed by atoms with E-state index in [0.29, 0.717) is 34.1 Å². The molecule has 6 rings (SSSR count). The maximum absolute atomic E-state index is 11.5. The molecule has 52 heavy (non-hydrogen) atoms. The molecule has 0 amide bonds. The minimum atomic E-state index is -0.549. The highest BCUT2D eigenvalue weighted by Gasteiger charge is 2.30. The normalized spacial score (nSPS) is 12.7. The molecular weight excluding hydrogens is 672 g/mol. The van der Waals surface area contributed by atoms with Crippen LogP contribution in [0.3, 0.4) is 0 Å². The van der Waals surface area contributed by atoms with E-state index in [1.807, 2.05) is 60.7 Å². The van der Waals surface area contributed by atoms with Crippen LogP contribution in [0.25, 0.3) is 22.7 Å². The number of rotatable bonds is 8. The van der Waals surface area contributed by atoms with Crippen molar-refractivity contribution in [3.8, 4) is 34.5 Å². The quantitative estimate of drug-likeness (QED) is 0.139. The maximum Gasteiger partial charge on any atom is 0.308 e. The first-order chi connectivity index (χ1) is 25.0. The summed E-state index contributed by atoms with van der Waals surface area (Å²) in [6, 6.07) is 25.9. The number of esters is 4. The monoisotopic (exact) mass is 708 g/mol. The molecule has 12 heteroatoms. The highest BCUT2D eigenvalue weighted by Crippen LogP contribution is 2.49. The Hall–Kier alpha value is -6.56. The SMILES string of the molecule is COC1=C(c2ccccc2)COc2c1ccc(OC(C)=O)c2OC(C)=O.COC1=C(c2ccccc2)COc2c1ccc(OC(C)=O)c2OC(C)=O. The molecule has 4 aromatic rings. The highest BCUT2D eigenvalue weighted by atomic mass is 16.6. The Morgan fingerprint density at radius 1 is 0.481 bits per heavy atom. The third-order valence-corrected chi connectivity index (χ3v) is 7.56. The average Bonchev–Trinajstić information content (AvgIpc) is 3.12. The van der Waals surface area contributed by atoms with Crippen molar-refractivity contribution in [1.29, 1.82) is 0 Å². The van der Waals surface area contributed by atoms with Crippen molar-refractivity contribution in [2.75, 3.05) is 27.4 Å². The number of hydrogen-bond donors (Lipinski definition) is 0. The van der Waals surface area contributed by atoms with E-state index in [1.165, 1.54) is 27.7 Å². The summed E-state index contributed by atoms with van der Waals surface area (Å²) in [7, 11) is 3.14. The third kappa shape index (κ3) is 8.24. The van der Waals surface area contributed by atoms with E-state index in [0.717, 1.165) is 22.3 Å². The van der Waals surface area contributed by atoms with E-state index in [2.05, 4.69) is 0 Å². The molecule has 0 saturated carbocycles. The van der Waals surface area contributed by atoms with Gasteiger partial charge in [0, 0.05) is 38.8 Å². The van der Waals surface area contributed by atoms with E-state index in [-0.39, 0.29) is 36.2 Å². The average molecular weight is 709 g/mol. The van der Waals surface area contributed by atoms with Gasteiger partial charge in [0.15, 0.2) is 23.0 Å². The van der Waals surface area contributed by atoms with Crippen LogP contribution < -0.4 is 28.4 Å². The van der Waals surface area contributed by atoms with Crippen LogP contribution >= 0.6 is 0 Å². The van der Waals surface area contributed by atoms with Gasteiger partial charge in [0.05, 0.1) is 25.3 Å². The zero-order valence-corrected chi connectivity index (χ0v) is 29.4.